The molecule has 1 saturated carbocycles. The van der Waals surface area contributed by atoms with E-state index in [2.05, 4.69) is 20.4 Å². The summed E-state index contributed by atoms with van der Waals surface area (Å²) in [6, 6.07) is 14.7. The molecule has 1 fully saturated rings. The van der Waals surface area contributed by atoms with E-state index < -0.39 is 6.36 Å². The van der Waals surface area contributed by atoms with Gasteiger partial charge in [-0.25, -0.2) is 4.98 Å². The van der Waals surface area contributed by atoms with Gasteiger partial charge in [-0.15, -0.1) is 13.2 Å². The summed E-state index contributed by atoms with van der Waals surface area (Å²) in [5.74, 6) is 1.33. The second-order valence-electron chi connectivity index (χ2n) is 8.55. The molecule has 0 aliphatic heterocycles. The maximum absolute atomic E-state index is 12.4. The third kappa shape index (κ3) is 6.72. The van der Waals surface area contributed by atoms with Crippen molar-refractivity contribution >= 4 is 22.7 Å². The van der Waals surface area contributed by atoms with Gasteiger partial charge in [-0.05, 0) is 55.5 Å². The van der Waals surface area contributed by atoms with E-state index in [1.165, 1.54) is 12.1 Å². The molecule has 0 amide bonds. The number of nitrogens with zero attached hydrogens (tertiary/aromatic N) is 3. The lowest BCUT2D eigenvalue weighted by Crippen LogP contribution is -2.37. The molecule has 0 unspecified atom stereocenters. The van der Waals surface area contributed by atoms with E-state index in [4.69, 9.17) is 4.98 Å². The van der Waals surface area contributed by atoms with Crippen LogP contribution in [0.15, 0.2) is 48.5 Å². The molecule has 1 aliphatic carbocycles. The van der Waals surface area contributed by atoms with Gasteiger partial charge in [0, 0.05) is 38.1 Å². The first kappa shape index (κ1) is 25.6. The monoisotopic (exact) mass is 475 g/mol. The Morgan fingerprint density at radius 2 is 1.68 bits per heavy atom. The Balaban J connectivity index is 0.00000324. The first-order valence-electron chi connectivity index (χ1n) is 11.1. The average Bonchev–Trinajstić information content (AvgIpc) is 2.77. The Morgan fingerprint density at radius 3 is 2.38 bits per heavy atom. The maximum Gasteiger partial charge on any atom is 0.573 e. The summed E-state index contributed by atoms with van der Waals surface area (Å²) in [7, 11) is 3.95. The molecule has 9 heteroatoms. The van der Waals surface area contributed by atoms with Crippen molar-refractivity contribution in [2.45, 2.75) is 58.1 Å². The molecular weight excluding hydrogens is 443 g/mol. The van der Waals surface area contributed by atoms with E-state index in [0.29, 0.717) is 18.5 Å². The van der Waals surface area contributed by atoms with Gasteiger partial charge in [0.15, 0.2) is 0 Å². The van der Waals surface area contributed by atoms with Crippen LogP contribution in [0.4, 0.5) is 24.9 Å². The van der Waals surface area contributed by atoms with Gasteiger partial charge in [-0.3, -0.25) is 0 Å². The van der Waals surface area contributed by atoms with Gasteiger partial charge in [-0.1, -0.05) is 31.7 Å². The molecule has 4 rings (SSSR count). The van der Waals surface area contributed by atoms with Crippen LogP contribution in [0.2, 0.25) is 0 Å². The van der Waals surface area contributed by atoms with Crippen molar-refractivity contribution in [2.75, 3.05) is 24.3 Å². The molecule has 184 valence electrons. The second kappa shape index (κ2) is 10.9. The van der Waals surface area contributed by atoms with Gasteiger partial charge in [0.2, 0.25) is 5.95 Å². The SMILES string of the molecule is C.CN(C)c1nc(NC2CCC(NCc3cccc(OC(F)(F)F)c3)CC2)nc2ccccc12. The van der Waals surface area contributed by atoms with Crippen molar-refractivity contribution in [3.63, 3.8) is 0 Å². The zero-order valence-corrected chi connectivity index (χ0v) is 18.7. The summed E-state index contributed by atoms with van der Waals surface area (Å²) in [5.41, 5.74) is 1.67. The lowest BCUT2D eigenvalue weighted by Gasteiger charge is -2.30. The summed E-state index contributed by atoms with van der Waals surface area (Å²) in [6.45, 7) is 0.498. The molecule has 0 radical (unpaired) electrons. The first-order valence-corrected chi connectivity index (χ1v) is 11.1. The van der Waals surface area contributed by atoms with Crippen LogP contribution < -0.4 is 20.3 Å². The Kier molecular flexibility index (Phi) is 8.19. The Hall–Kier alpha value is -3.07. The van der Waals surface area contributed by atoms with Crippen molar-refractivity contribution in [2.24, 2.45) is 0 Å². The summed E-state index contributed by atoms with van der Waals surface area (Å²) in [6.07, 6.45) is -0.834. The smallest absolute Gasteiger partial charge is 0.406 e. The zero-order chi connectivity index (χ0) is 23.4. The molecule has 0 spiro atoms. The highest BCUT2D eigenvalue weighted by Gasteiger charge is 2.31. The van der Waals surface area contributed by atoms with Gasteiger partial charge in [0.1, 0.15) is 11.6 Å². The largest absolute Gasteiger partial charge is 0.573 e. The molecule has 1 heterocycles. The fourth-order valence-electron chi connectivity index (χ4n) is 4.20. The number of nitrogens with one attached hydrogen (secondary N) is 2. The number of fused-ring (bicyclic) bond motifs is 1. The Labute approximate surface area is 198 Å². The van der Waals surface area contributed by atoms with Gasteiger partial charge in [0.25, 0.3) is 0 Å². The molecule has 2 aromatic carbocycles. The number of hydrogen-bond donors (Lipinski definition) is 2. The van der Waals surface area contributed by atoms with Crippen molar-refractivity contribution in [1.29, 1.82) is 0 Å². The number of alkyl halides is 3. The Morgan fingerprint density at radius 1 is 0.971 bits per heavy atom. The number of aromatic nitrogens is 2. The lowest BCUT2D eigenvalue weighted by atomic mass is 9.91. The minimum Gasteiger partial charge on any atom is -0.406 e. The average molecular weight is 476 g/mol. The highest BCUT2D eigenvalue weighted by molar-refractivity contribution is 5.90. The van der Waals surface area contributed by atoms with Crippen LogP contribution in [0.1, 0.15) is 38.7 Å². The third-order valence-corrected chi connectivity index (χ3v) is 5.79. The minimum absolute atomic E-state index is 0. The molecule has 6 nitrogen and oxygen atoms in total. The number of ether oxygens (including phenoxy) is 1. The first-order chi connectivity index (χ1) is 15.8. The van der Waals surface area contributed by atoms with Crippen molar-refractivity contribution in [3.05, 3.63) is 54.1 Å². The summed E-state index contributed by atoms with van der Waals surface area (Å²) in [4.78, 5) is 11.4. The number of anilines is 2. The highest BCUT2D eigenvalue weighted by Crippen LogP contribution is 2.27. The summed E-state index contributed by atoms with van der Waals surface area (Å²) < 4.78 is 41.3. The van der Waals surface area contributed by atoms with Crippen LogP contribution in [0.25, 0.3) is 10.9 Å². The van der Waals surface area contributed by atoms with Crippen molar-refractivity contribution in [1.82, 2.24) is 15.3 Å². The number of benzene rings is 2. The van der Waals surface area contributed by atoms with Crippen molar-refractivity contribution in [3.8, 4) is 5.75 Å². The second-order valence-corrected chi connectivity index (χ2v) is 8.55. The van der Waals surface area contributed by atoms with E-state index >= 15 is 0 Å². The highest BCUT2D eigenvalue weighted by atomic mass is 19.4. The van der Waals surface area contributed by atoms with Crippen LogP contribution in [0.3, 0.4) is 0 Å². The topological polar surface area (TPSA) is 62.3 Å². The fourth-order valence-corrected chi connectivity index (χ4v) is 4.20. The van der Waals surface area contributed by atoms with Crippen LogP contribution in [0.5, 0.6) is 5.75 Å². The van der Waals surface area contributed by atoms with Crippen LogP contribution in [-0.2, 0) is 6.54 Å². The molecular formula is C25H32F3N5O. The standard InChI is InChI=1S/C24H28F3N5O.CH4/c1-32(2)22-20-8-3-4-9-21(20)30-23(31-22)29-18-12-10-17(11-13-18)28-15-16-6-5-7-19(14-16)33-24(25,26)27;/h3-9,14,17-18,28H,10-13,15H2,1-2H3,(H,29,30,31);1H4. The van der Waals surface area contributed by atoms with E-state index in [-0.39, 0.29) is 19.2 Å². The third-order valence-electron chi connectivity index (χ3n) is 5.79. The molecule has 1 aliphatic rings. The Bertz CT molecular complexity index is 1080. The molecule has 3 aromatic rings. The van der Waals surface area contributed by atoms with Crippen LogP contribution in [-0.4, -0.2) is 42.5 Å². The minimum atomic E-state index is -4.68. The molecule has 0 atom stereocenters. The summed E-state index contributed by atoms with van der Waals surface area (Å²) in [5, 5.41) is 7.97. The molecule has 0 saturated heterocycles. The fraction of sp³-hybridized carbons (Fsp3) is 0.440. The van der Waals surface area contributed by atoms with Gasteiger partial charge < -0.3 is 20.3 Å². The quantitative estimate of drug-likeness (QED) is 0.454. The van der Waals surface area contributed by atoms with E-state index in [9.17, 15) is 13.2 Å². The van der Waals surface area contributed by atoms with Crippen LogP contribution >= 0.6 is 0 Å². The molecule has 34 heavy (non-hydrogen) atoms. The van der Waals surface area contributed by atoms with Gasteiger partial charge in [0.05, 0.1) is 5.52 Å². The number of hydrogen-bond acceptors (Lipinski definition) is 6. The molecule has 0 bridgehead atoms. The predicted molar refractivity (Wildman–Crippen MR) is 130 cm³/mol. The van der Waals surface area contributed by atoms with Gasteiger partial charge >= 0.3 is 6.36 Å². The number of rotatable bonds is 7. The number of para-hydroxylation sites is 1. The predicted octanol–water partition coefficient (Wildman–Crippen LogP) is 5.74. The lowest BCUT2D eigenvalue weighted by molar-refractivity contribution is -0.274. The van der Waals surface area contributed by atoms with E-state index in [0.717, 1.165) is 48.0 Å². The summed E-state index contributed by atoms with van der Waals surface area (Å²) >= 11 is 0. The van der Waals surface area contributed by atoms with E-state index in [1.54, 1.807) is 12.1 Å². The molecule has 2 N–H and O–H groups in total. The molecule has 1 aromatic heterocycles. The zero-order valence-electron chi connectivity index (χ0n) is 18.7. The van der Waals surface area contributed by atoms with Crippen molar-refractivity contribution < 1.29 is 17.9 Å². The number of halogens is 3. The maximum atomic E-state index is 12.4. The normalized spacial score (nSPS) is 18.3. The van der Waals surface area contributed by atoms with E-state index in [1.807, 2.05) is 43.3 Å². The van der Waals surface area contributed by atoms with Gasteiger partial charge in [-0.2, -0.15) is 4.98 Å². The van der Waals surface area contributed by atoms with Crippen LogP contribution in [0, 0.1) is 0 Å².